The molecule has 0 spiro atoms. The van der Waals surface area contributed by atoms with Crippen molar-refractivity contribution in [1.29, 1.82) is 0 Å². The molecule has 4 bridgehead atoms. The summed E-state index contributed by atoms with van der Waals surface area (Å²) >= 11 is 0. The van der Waals surface area contributed by atoms with Crippen molar-refractivity contribution in [3.05, 3.63) is 0 Å². The highest BCUT2D eigenvalue weighted by Gasteiger charge is 2.53. The molecule has 1 aliphatic heterocycles. The SMILES string of the molecule is CC(NC(=O)CC1CNCCO1)C12CC3CC(CC(C3)C1)C2. The highest BCUT2D eigenvalue weighted by molar-refractivity contribution is 5.76. The fourth-order valence-corrected chi connectivity index (χ4v) is 6.12. The van der Waals surface area contributed by atoms with Crippen molar-refractivity contribution < 1.29 is 9.53 Å². The summed E-state index contributed by atoms with van der Waals surface area (Å²) in [4.78, 5) is 12.4. The molecule has 1 amide bonds. The zero-order valence-corrected chi connectivity index (χ0v) is 13.8. The molecule has 0 aromatic heterocycles. The first kappa shape index (κ1) is 14.9. The Labute approximate surface area is 133 Å². The highest BCUT2D eigenvalue weighted by Crippen LogP contribution is 2.61. The van der Waals surface area contributed by atoms with Crippen LogP contribution in [-0.4, -0.2) is 37.7 Å². The third kappa shape index (κ3) is 2.80. The Morgan fingerprint density at radius 3 is 2.41 bits per heavy atom. The van der Waals surface area contributed by atoms with Crippen molar-refractivity contribution in [3.8, 4) is 0 Å². The number of nitrogens with one attached hydrogen (secondary N) is 2. The lowest BCUT2D eigenvalue weighted by Crippen LogP contribution is -2.56. The molecule has 5 rings (SSSR count). The van der Waals surface area contributed by atoms with Crippen LogP contribution >= 0.6 is 0 Å². The van der Waals surface area contributed by atoms with Gasteiger partial charge in [-0.2, -0.15) is 0 Å². The van der Waals surface area contributed by atoms with Gasteiger partial charge in [-0.1, -0.05) is 0 Å². The van der Waals surface area contributed by atoms with Gasteiger partial charge in [0.05, 0.1) is 19.1 Å². The van der Waals surface area contributed by atoms with Crippen LogP contribution < -0.4 is 10.6 Å². The third-order valence-corrected chi connectivity index (χ3v) is 6.80. The van der Waals surface area contributed by atoms with Crippen molar-refractivity contribution in [2.24, 2.45) is 23.2 Å². The molecule has 2 N–H and O–H groups in total. The van der Waals surface area contributed by atoms with Gasteiger partial charge in [0, 0.05) is 19.1 Å². The Morgan fingerprint density at radius 2 is 1.86 bits per heavy atom. The van der Waals surface area contributed by atoms with Crippen molar-refractivity contribution in [2.75, 3.05) is 19.7 Å². The lowest BCUT2D eigenvalue weighted by atomic mass is 9.48. The topological polar surface area (TPSA) is 50.4 Å². The number of carbonyl (C=O) groups is 1. The Kier molecular flexibility index (Phi) is 3.93. The van der Waals surface area contributed by atoms with E-state index >= 15 is 0 Å². The summed E-state index contributed by atoms with van der Waals surface area (Å²) in [6.07, 6.45) is 8.98. The van der Waals surface area contributed by atoms with E-state index in [-0.39, 0.29) is 12.0 Å². The smallest absolute Gasteiger partial charge is 0.222 e. The summed E-state index contributed by atoms with van der Waals surface area (Å²) in [6, 6.07) is 0.324. The number of carbonyl (C=O) groups excluding carboxylic acids is 1. The standard InChI is InChI=1S/C18H30N2O2/c1-12(20-17(21)7-16-11-19-2-3-22-16)18-8-13-4-14(9-18)6-15(5-13)10-18/h12-16,19H,2-11H2,1H3,(H,20,21). The van der Waals surface area contributed by atoms with Gasteiger partial charge in [-0.3, -0.25) is 4.79 Å². The van der Waals surface area contributed by atoms with Crippen LogP contribution in [0.1, 0.15) is 51.9 Å². The summed E-state index contributed by atoms with van der Waals surface area (Å²) in [5.74, 6) is 3.00. The van der Waals surface area contributed by atoms with Gasteiger partial charge in [0.2, 0.25) is 5.91 Å². The first-order valence-corrected chi connectivity index (χ1v) is 9.25. The number of hydrogen-bond acceptors (Lipinski definition) is 3. The van der Waals surface area contributed by atoms with Crippen LogP contribution in [0.15, 0.2) is 0 Å². The van der Waals surface area contributed by atoms with Gasteiger partial charge in [0.15, 0.2) is 0 Å². The van der Waals surface area contributed by atoms with Crippen molar-refractivity contribution in [3.63, 3.8) is 0 Å². The average molecular weight is 306 g/mol. The normalized spacial score (nSPS) is 44.8. The van der Waals surface area contributed by atoms with Gasteiger partial charge < -0.3 is 15.4 Å². The van der Waals surface area contributed by atoms with Crippen LogP contribution in [0.4, 0.5) is 0 Å². The van der Waals surface area contributed by atoms with Gasteiger partial charge in [-0.25, -0.2) is 0 Å². The molecule has 2 atom stereocenters. The van der Waals surface area contributed by atoms with Gasteiger partial charge in [0.25, 0.3) is 0 Å². The molecule has 1 saturated heterocycles. The van der Waals surface area contributed by atoms with Crippen molar-refractivity contribution in [1.82, 2.24) is 10.6 Å². The fraction of sp³-hybridized carbons (Fsp3) is 0.944. The molecule has 4 saturated carbocycles. The van der Waals surface area contributed by atoms with Crippen LogP contribution in [0.25, 0.3) is 0 Å². The largest absolute Gasteiger partial charge is 0.375 e. The van der Waals surface area contributed by atoms with Crippen LogP contribution in [0, 0.1) is 23.2 Å². The van der Waals surface area contributed by atoms with E-state index in [1.165, 1.54) is 38.5 Å². The van der Waals surface area contributed by atoms with Crippen molar-refractivity contribution in [2.45, 2.75) is 64.0 Å². The van der Waals surface area contributed by atoms with Crippen molar-refractivity contribution >= 4 is 5.91 Å². The van der Waals surface area contributed by atoms with Gasteiger partial charge in [0.1, 0.15) is 0 Å². The summed E-state index contributed by atoms with van der Waals surface area (Å²) in [6.45, 7) is 4.69. The average Bonchev–Trinajstić information content (AvgIpc) is 2.46. The van der Waals surface area contributed by atoms with E-state index in [0.29, 0.717) is 17.9 Å². The minimum absolute atomic E-state index is 0.0531. The third-order valence-electron chi connectivity index (χ3n) is 6.80. The number of ether oxygens (including phenoxy) is 1. The van der Waals surface area contributed by atoms with Crippen LogP contribution in [0.2, 0.25) is 0 Å². The first-order valence-electron chi connectivity index (χ1n) is 9.25. The molecule has 4 aliphatic carbocycles. The number of amides is 1. The lowest BCUT2D eigenvalue weighted by Gasteiger charge is -2.59. The van der Waals surface area contributed by atoms with E-state index in [2.05, 4.69) is 17.6 Å². The summed E-state index contributed by atoms with van der Waals surface area (Å²) in [7, 11) is 0. The molecule has 4 nitrogen and oxygen atoms in total. The van der Waals surface area contributed by atoms with Crippen LogP contribution in [-0.2, 0) is 9.53 Å². The van der Waals surface area contributed by atoms with E-state index in [1.54, 1.807) is 0 Å². The second kappa shape index (κ2) is 5.79. The fourth-order valence-electron chi connectivity index (χ4n) is 6.12. The highest BCUT2D eigenvalue weighted by atomic mass is 16.5. The molecule has 5 fully saturated rings. The minimum atomic E-state index is 0.0531. The van der Waals surface area contributed by atoms with E-state index in [9.17, 15) is 4.79 Å². The quantitative estimate of drug-likeness (QED) is 0.836. The second-order valence-corrected chi connectivity index (χ2v) is 8.47. The molecular weight excluding hydrogens is 276 g/mol. The lowest BCUT2D eigenvalue weighted by molar-refractivity contribution is -0.129. The molecule has 22 heavy (non-hydrogen) atoms. The number of rotatable bonds is 4. The summed E-state index contributed by atoms with van der Waals surface area (Å²) in [5.41, 5.74) is 0.399. The zero-order chi connectivity index (χ0) is 15.2. The Hall–Kier alpha value is -0.610. The molecule has 0 aromatic carbocycles. The molecule has 5 aliphatic rings. The van der Waals surface area contributed by atoms with Gasteiger partial charge in [-0.05, 0) is 68.6 Å². The Bertz CT molecular complexity index is 396. The molecule has 124 valence electrons. The van der Waals surface area contributed by atoms with E-state index in [0.717, 1.165) is 37.5 Å². The molecule has 4 heteroatoms. The zero-order valence-electron chi connectivity index (χ0n) is 13.8. The number of morpholine rings is 1. The Morgan fingerprint density at radius 1 is 1.23 bits per heavy atom. The van der Waals surface area contributed by atoms with E-state index in [1.807, 2.05) is 0 Å². The van der Waals surface area contributed by atoms with E-state index in [4.69, 9.17) is 4.74 Å². The Balaban J connectivity index is 1.35. The predicted molar refractivity (Wildman–Crippen MR) is 85.4 cm³/mol. The maximum atomic E-state index is 12.4. The molecule has 2 unspecified atom stereocenters. The van der Waals surface area contributed by atoms with Gasteiger partial charge >= 0.3 is 0 Å². The summed E-state index contributed by atoms with van der Waals surface area (Å²) in [5, 5.41) is 6.63. The first-order chi connectivity index (χ1) is 10.6. The maximum absolute atomic E-state index is 12.4. The monoisotopic (exact) mass is 306 g/mol. The van der Waals surface area contributed by atoms with E-state index < -0.39 is 0 Å². The summed E-state index contributed by atoms with van der Waals surface area (Å²) < 4.78 is 5.66. The predicted octanol–water partition coefficient (Wildman–Crippen LogP) is 2.09. The second-order valence-electron chi connectivity index (χ2n) is 8.47. The maximum Gasteiger partial charge on any atom is 0.222 e. The molecule has 0 aromatic rings. The van der Waals surface area contributed by atoms with Gasteiger partial charge in [-0.15, -0.1) is 0 Å². The van der Waals surface area contributed by atoms with Crippen LogP contribution in [0.5, 0.6) is 0 Å². The molecule has 1 heterocycles. The molecular formula is C18H30N2O2. The van der Waals surface area contributed by atoms with Crippen LogP contribution in [0.3, 0.4) is 0 Å². The molecule has 0 radical (unpaired) electrons. The minimum Gasteiger partial charge on any atom is -0.375 e. The number of hydrogen-bond donors (Lipinski definition) is 2.